The van der Waals surface area contributed by atoms with Gasteiger partial charge in [0.15, 0.2) is 5.84 Å². The molecule has 1 aliphatic carbocycles. The number of amidine groups is 1. The van der Waals surface area contributed by atoms with E-state index in [2.05, 4.69) is 10.0 Å². The van der Waals surface area contributed by atoms with Gasteiger partial charge in [0.2, 0.25) is 0 Å². The first kappa shape index (κ1) is 32.2. The molecule has 2 atom stereocenters. The van der Waals surface area contributed by atoms with Crippen LogP contribution in [0.25, 0.3) is 0 Å². The molecule has 4 rings (SSSR count). The second-order valence-corrected chi connectivity index (χ2v) is 10.9. The van der Waals surface area contributed by atoms with Gasteiger partial charge >= 0.3 is 18.4 Å². The molecule has 2 heterocycles. The second kappa shape index (κ2) is 12.5. The highest BCUT2D eigenvalue weighted by molar-refractivity contribution is 5.98. The van der Waals surface area contributed by atoms with E-state index >= 15 is 0 Å². The highest BCUT2D eigenvalue weighted by Crippen LogP contribution is 2.41. The standard InChI is InChI=1S/C28H35F6N7O2/c1-4-40(22-8-6-5-7-9-22)24-19(10-18(14-37-24)25(38-35)39(3)36)15-41-16(2)23(43-26(41)42)17-11-20(27(29,30)31)13-21(12-17)28(32,33)34/h10-14,16,22-23H,4-9,15,35-36H2,1-3H3/b38-25-. The lowest BCUT2D eigenvalue weighted by molar-refractivity contribution is -0.143. The van der Waals surface area contributed by atoms with Crippen LogP contribution < -0.4 is 16.6 Å². The molecule has 2 aliphatic rings. The van der Waals surface area contributed by atoms with Gasteiger partial charge in [-0.05, 0) is 56.5 Å². The molecule has 1 saturated heterocycles. The lowest BCUT2D eigenvalue weighted by Crippen LogP contribution is -2.39. The molecule has 43 heavy (non-hydrogen) atoms. The number of halogens is 6. The van der Waals surface area contributed by atoms with Crippen molar-refractivity contribution in [3.63, 3.8) is 0 Å². The van der Waals surface area contributed by atoms with Crippen LogP contribution in [0.3, 0.4) is 0 Å². The third kappa shape index (κ3) is 6.92. The molecule has 1 saturated carbocycles. The van der Waals surface area contributed by atoms with Gasteiger partial charge in [-0.1, -0.05) is 19.3 Å². The maximum atomic E-state index is 13.5. The average molecular weight is 616 g/mol. The molecule has 2 fully saturated rings. The molecule has 1 aromatic carbocycles. The van der Waals surface area contributed by atoms with Crippen LogP contribution in [0.15, 0.2) is 35.6 Å². The number of pyridine rings is 1. The number of hydrazine groups is 1. The number of ether oxygens (including phenoxy) is 1. The van der Waals surface area contributed by atoms with Crippen LogP contribution >= 0.6 is 0 Å². The summed E-state index contributed by atoms with van der Waals surface area (Å²) in [6.07, 6.45) is -5.61. The van der Waals surface area contributed by atoms with Crippen LogP contribution in [0.1, 0.15) is 79.9 Å². The smallest absolute Gasteiger partial charge is 0.416 e. The Balaban J connectivity index is 1.74. The molecular formula is C28H35F6N7O2. The van der Waals surface area contributed by atoms with E-state index in [1.807, 2.05) is 6.92 Å². The number of hydrogen-bond donors (Lipinski definition) is 2. The number of benzene rings is 1. The highest BCUT2D eigenvalue weighted by atomic mass is 19.4. The topological polar surface area (TPSA) is 113 Å². The molecule has 2 unspecified atom stereocenters. The summed E-state index contributed by atoms with van der Waals surface area (Å²) in [5.74, 6) is 12.2. The number of rotatable bonds is 7. The van der Waals surface area contributed by atoms with E-state index < -0.39 is 47.3 Å². The number of cyclic esters (lactones) is 1. The third-order valence-corrected chi connectivity index (χ3v) is 7.96. The lowest BCUT2D eigenvalue weighted by Gasteiger charge is -2.36. The Kier molecular flexibility index (Phi) is 9.33. The zero-order valence-electron chi connectivity index (χ0n) is 24.0. The number of carbonyl (C=O) groups is 1. The third-order valence-electron chi connectivity index (χ3n) is 7.96. The molecule has 1 aromatic heterocycles. The fraction of sp³-hybridized carbons (Fsp3) is 0.536. The summed E-state index contributed by atoms with van der Waals surface area (Å²) in [4.78, 5) is 21.2. The summed E-state index contributed by atoms with van der Waals surface area (Å²) < 4.78 is 86.6. The van der Waals surface area contributed by atoms with Crippen LogP contribution in [0.2, 0.25) is 0 Å². The first-order chi connectivity index (χ1) is 20.1. The quantitative estimate of drug-likeness (QED) is 0.133. The van der Waals surface area contributed by atoms with Crippen LogP contribution in [-0.2, 0) is 23.6 Å². The maximum Gasteiger partial charge on any atom is 0.416 e. The van der Waals surface area contributed by atoms with Crippen molar-refractivity contribution in [2.24, 2.45) is 16.8 Å². The maximum absolute atomic E-state index is 13.5. The molecule has 2 aromatic rings. The molecule has 0 bridgehead atoms. The number of carbonyl (C=O) groups excluding carboxylic acids is 1. The Morgan fingerprint density at radius 2 is 1.67 bits per heavy atom. The lowest BCUT2D eigenvalue weighted by atomic mass is 9.93. The number of nitrogens with two attached hydrogens (primary N) is 2. The Bertz CT molecular complexity index is 1310. The Morgan fingerprint density at radius 1 is 1.07 bits per heavy atom. The molecule has 236 valence electrons. The van der Waals surface area contributed by atoms with Crippen molar-refractivity contribution < 1.29 is 35.9 Å². The predicted octanol–water partition coefficient (Wildman–Crippen LogP) is 5.79. The van der Waals surface area contributed by atoms with Crippen molar-refractivity contribution in [1.29, 1.82) is 0 Å². The molecule has 4 N–H and O–H groups in total. The van der Waals surface area contributed by atoms with Crippen molar-refractivity contribution in [2.45, 2.75) is 83.0 Å². The van der Waals surface area contributed by atoms with E-state index in [4.69, 9.17) is 21.4 Å². The zero-order chi connectivity index (χ0) is 31.7. The van der Waals surface area contributed by atoms with E-state index in [1.165, 1.54) is 23.9 Å². The van der Waals surface area contributed by atoms with Crippen LogP contribution in [-0.4, -0.2) is 52.5 Å². The molecule has 1 amide bonds. The summed E-state index contributed by atoms with van der Waals surface area (Å²) in [5.41, 5.74) is -2.35. The van der Waals surface area contributed by atoms with Gasteiger partial charge in [-0.2, -0.15) is 31.4 Å². The van der Waals surface area contributed by atoms with Gasteiger partial charge in [-0.15, -0.1) is 0 Å². The number of hydrogen-bond acceptors (Lipinski definition) is 7. The average Bonchev–Trinajstić information content (AvgIpc) is 3.22. The second-order valence-electron chi connectivity index (χ2n) is 10.9. The SMILES string of the molecule is CCN(c1ncc(/C(=N/N)N(C)N)cc1CN1C(=O)OC(c2cc(C(F)(F)F)cc(C(F)(F)F)c2)C1C)C1CCCCC1. The van der Waals surface area contributed by atoms with Crippen molar-refractivity contribution >= 4 is 17.7 Å². The molecule has 0 radical (unpaired) electrons. The Morgan fingerprint density at radius 3 is 2.19 bits per heavy atom. The molecular weight excluding hydrogens is 580 g/mol. The minimum absolute atomic E-state index is 0.0434. The number of amides is 1. The van der Waals surface area contributed by atoms with E-state index in [0.29, 0.717) is 35.6 Å². The van der Waals surface area contributed by atoms with Gasteiger partial charge in [-0.25, -0.2) is 15.6 Å². The van der Waals surface area contributed by atoms with Crippen molar-refractivity contribution in [1.82, 2.24) is 14.9 Å². The molecule has 1 aliphatic heterocycles. The fourth-order valence-electron chi connectivity index (χ4n) is 5.83. The van der Waals surface area contributed by atoms with Gasteiger partial charge in [0.1, 0.15) is 11.9 Å². The monoisotopic (exact) mass is 615 g/mol. The Labute approximate surface area is 245 Å². The van der Waals surface area contributed by atoms with E-state index in [9.17, 15) is 31.1 Å². The highest BCUT2D eigenvalue weighted by Gasteiger charge is 2.43. The normalized spacial score (nSPS) is 20.4. The van der Waals surface area contributed by atoms with Gasteiger partial charge in [0.25, 0.3) is 0 Å². The largest absolute Gasteiger partial charge is 0.439 e. The van der Waals surface area contributed by atoms with Crippen LogP contribution in [0.4, 0.5) is 37.0 Å². The first-order valence-corrected chi connectivity index (χ1v) is 13.9. The summed E-state index contributed by atoms with van der Waals surface area (Å²) in [7, 11) is 1.54. The van der Waals surface area contributed by atoms with Crippen molar-refractivity contribution in [3.8, 4) is 0 Å². The van der Waals surface area contributed by atoms with E-state index in [0.717, 1.165) is 32.1 Å². The van der Waals surface area contributed by atoms with Gasteiger partial charge in [-0.3, -0.25) is 9.91 Å². The number of aromatic nitrogens is 1. The van der Waals surface area contributed by atoms with Gasteiger partial charge in [0.05, 0.1) is 23.7 Å². The van der Waals surface area contributed by atoms with E-state index in [1.54, 1.807) is 12.3 Å². The number of nitrogens with zero attached hydrogens (tertiary/aromatic N) is 5. The van der Waals surface area contributed by atoms with Crippen LogP contribution in [0, 0.1) is 0 Å². The summed E-state index contributed by atoms with van der Waals surface area (Å²) in [6, 6.07) is 2.23. The summed E-state index contributed by atoms with van der Waals surface area (Å²) >= 11 is 0. The Hall–Kier alpha value is -3.75. The van der Waals surface area contributed by atoms with Crippen LogP contribution in [0.5, 0.6) is 0 Å². The predicted molar refractivity (Wildman–Crippen MR) is 147 cm³/mol. The fourth-order valence-corrected chi connectivity index (χ4v) is 5.83. The summed E-state index contributed by atoms with van der Waals surface area (Å²) in [6.45, 7) is 4.03. The molecule has 9 nitrogen and oxygen atoms in total. The molecule has 15 heteroatoms. The van der Waals surface area contributed by atoms with E-state index in [-0.39, 0.29) is 24.5 Å². The molecule has 0 spiro atoms. The number of anilines is 1. The zero-order valence-corrected chi connectivity index (χ0v) is 24.0. The van der Waals surface area contributed by atoms with Crippen molar-refractivity contribution in [2.75, 3.05) is 18.5 Å². The van der Waals surface area contributed by atoms with Gasteiger partial charge in [0, 0.05) is 37.0 Å². The minimum Gasteiger partial charge on any atom is -0.439 e. The van der Waals surface area contributed by atoms with Gasteiger partial charge < -0.3 is 15.5 Å². The minimum atomic E-state index is -5.04. The first-order valence-electron chi connectivity index (χ1n) is 13.9. The number of hydrazone groups is 1. The summed E-state index contributed by atoms with van der Waals surface area (Å²) in [5, 5.41) is 4.93. The van der Waals surface area contributed by atoms with Crippen molar-refractivity contribution in [3.05, 3.63) is 58.3 Å². The number of alkyl halides is 6.